The van der Waals surface area contributed by atoms with Gasteiger partial charge in [0.25, 0.3) is 0 Å². The minimum atomic E-state index is 0.270. The minimum Gasteiger partial charge on any atom is -0.496 e. The molecule has 1 aromatic carbocycles. The second kappa shape index (κ2) is 7.59. The van der Waals surface area contributed by atoms with Crippen LogP contribution in [0.2, 0.25) is 0 Å². The van der Waals surface area contributed by atoms with E-state index in [0.717, 1.165) is 11.3 Å². The quantitative estimate of drug-likeness (QED) is 0.631. The monoisotopic (exact) mass is 350 g/mol. The SMILES string of the molecule is C=CCn1c(Sc2ccc(C#N)nn2)nnc1-c1ccccc1OC. The molecule has 0 aliphatic heterocycles. The van der Waals surface area contributed by atoms with Gasteiger partial charge in [-0.15, -0.1) is 27.0 Å². The highest BCUT2D eigenvalue weighted by molar-refractivity contribution is 7.99. The van der Waals surface area contributed by atoms with Gasteiger partial charge < -0.3 is 4.74 Å². The zero-order valence-electron chi connectivity index (χ0n) is 13.5. The van der Waals surface area contributed by atoms with Crippen molar-refractivity contribution >= 4 is 11.8 Å². The van der Waals surface area contributed by atoms with E-state index in [-0.39, 0.29) is 5.69 Å². The Morgan fingerprint density at radius 1 is 1.20 bits per heavy atom. The van der Waals surface area contributed by atoms with E-state index in [1.165, 1.54) is 11.8 Å². The van der Waals surface area contributed by atoms with Crippen LogP contribution in [-0.4, -0.2) is 32.1 Å². The molecular weight excluding hydrogens is 336 g/mol. The standard InChI is InChI=1S/C17H14N6OS/c1-3-10-23-16(13-6-4-5-7-14(13)24-2)21-22-17(23)25-15-9-8-12(11-18)19-20-15/h3-9H,1,10H2,2H3. The van der Waals surface area contributed by atoms with Gasteiger partial charge in [-0.1, -0.05) is 18.2 Å². The van der Waals surface area contributed by atoms with E-state index < -0.39 is 0 Å². The first-order valence-electron chi connectivity index (χ1n) is 7.36. The maximum absolute atomic E-state index is 8.80. The van der Waals surface area contributed by atoms with Gasteiger partial charge >= 0.3 is 0 Å². The van der Waals surface area contributed by atoms with Crippen molar-refractivity contribution in [1.29, 1.82) is 5.26 Å². The van der Waals surface area contributed by atoms with Gasteiger partial charge in [0.1, 0.15) is 16.8 Å². The van der Waals surface area contributed by atoms with Crippen LogP contribution >= 0.6 is 11.8 Å². The first-order chi connectivity index (χ1) is 12.3. The minimum absolute atomic E-state index is 0.270. The molecule has 0 aliphatic rings. The topological polar surface area (TPSA) is 89.5 Å². The molecule has 2 heterocycles. The fourth-order valence-corrected chi connectivity index (χ4v) is 2.97. The van der Waals surface area contributed by atoms with E-state index in [0.29, 0.717) is 22.6 Å². The number of hydrogen-bond acceptors (Lipinski definition) is 7. The van der Waals surface area contributed by atoms with Gasteiger partial charge in [0.15, 0.2) is 16.7 Å². The highest BCUT2D eigenvalue weighted by atomic mass is 32.2. The van der Waals surface area contributed by atoms with Gasteiger partial charge in [0, 0.05) is 6.54 Å². The van der Waals surface area contributed by atoms with Crippen molar-refractivity contribution in [2.45, 2.75) is 16.7 Å². The largest absolute Gasteiger partial charge is 0.496 e. The molecule has 0 N–H and O–H groups in total. The molecule has 0 bridgehead atoms. The maximum atomic E-state index is 8.80. The average Bonchev–Trinajstić information content (AvgIpc) is 3.05. The van der Waals surface area contributed by atoms with Gasteiger partial charge in [-0.2, -0.15) is 5.26 Å². The van der Waals surface area contributed by atoms with Crippen molar-refractivity contribution in [1.82, 2.24) is 25.0 Å². The predicted octanol–water partition coefficient (Wildman–Crippen LogP) is 2.95. The molecule has 0 saturated carbocycles. The van der Waals surface area contributed by atoms with Gasteiger partial charge in [0.2, 0.25) is 0 Å². The van der Waals surface area contributed by atoms with E-state index in [2.05, 4.69) is 27.0 Å². The fourth-order valence-electron chi connectivity index (χ4n) is 2.21. The lowest BCUT2D eigenvalue weighted by Crippen LogP contribution is -2.02. The van der Waals surface area contributed by atoms with Gasteiger partial charge in [0.05, 0.1) is 12.7 Å². The third kappa shape index (κ3) is 3.51. The van der Waals surface area contributed by atoms with Crippen LogP contribution in [0.25, 0.3) is 11.4 Å². The summed E-state index contributed by atoms with van der Waals surface area (Å²) < 4.78 is 7.35. The molecule has 0 atom stereocenters. The molecule has 3 aromatic rings. The predicted molar refractivity (Wildman–Crippen MR) is 93.1 cm³/mol. The number of aromatic nitrogens is 5. The highest BCUT2D eigenvalue weighted by Gasteiger charge is 2.17. The summed E-state index contributed by atoms with van der Waals surface area (Å²) in [6.07, 6.45) is 1.77. The lowest BCUT2D eigenvalue weighted by atomic mass is 10.2. The molecule has 0 unspecified atom stereocenters. The van der Waals surface area contributed by atoms with E-state index >= 15 is 0 Å². The Morgan fingerprint density at radius 2 is 2.04 bits per heavy atom. The number of nitrogens with zero attached hydrogens (tertiary/aromatic N) is 6. The second-order valence-corrected chi connectivity index (χ2v) is 5.86. The average molecular weight is 350 g/mol. The van der Waals surface area contributed by atoms with Gasteiger partial charge in [-0.05, 0) is 36.0 Å². The van der Waals surface area contributed by atoms with E-state index in [4.69, 9.17) is 10.00 Å². The summed E-state index contributed by atoms with van der Waals surface area (Å²) in [5.74, 6) is 1.40. The molecular formula is C17H14N6OS. The number of nitriles is 1. The molecule has 7 nitrogen and oxygen atoms in total. The second-order valence-electron chi connectivity index (χ2n) is 4.88. The molecule has 124 valence electrons. The Bertz CT molecular complexity index is 929. The smallest absolute Gasteiger partial charge is 0.198 e. The van der Waals surface area contributed by atoms with Crippen LogP contribution in [0.4, 0.5) is 0 Å². The van der Waals surface area contributed by atoms with Crippen molar-refractivity contribution < 1.29 is 4.74 Å². The Hall–Kier alpha value is -3.18. The Morgan fingerprint density at radius 3 is 2.72 bits per heavy atom. The highest BCUT2D eigenvalue weighted by Crippen LogP contribution is 2.32. The summed E-state index contributed by atoms with van der Waals surface area (Å²) in [4.78, 5) is 0. The normalized spacial score (nSPS) is 10.2. The van der Waals surface area contributed by atoms with E-state index in [9.17, 15) is 0 Å². The summed E-state index contributed by atoms with van der Waals surface area (Å²) in [5, 5.41) is 26.5. The molecule has 25 heavy (non-hydrogen) atoms. The summed E-state index contributed by atoms with van der Waals surface area (Å²) in [7, 11) is 1.62. The van der Waals surface area contributed by atoms with Crippen LogP contribution < -0.4 is 4.74 Å². The number of hydrogen-bond donors (Lipinski definition) is 0. The summed E-state index contributed by atoms with van der Waals surface area (Å²) in [6.45, 7) is 4.34. The third-order valence-electron chi connectivity index (χ3n) is 3.33. The first-order valence-corrected chi connectivity index (χ1v) is 8.17. The van der Waals surface area contributed by atoms with E-state index in [1.807, 2.05) is 34.9 Å². The van der Waals surface area contributed by atoms with Gasteiger partial charge in [-0.25, -0.2) is 0 Å². The van der Waals surface area contributed by atoms with Crippen LogP contribution in [0.1, 0.15) is 5.69 Å². The van der Waals surface area contributed by atoms with Crippen molar-refractivity contribution in [3.05, 3.63) is 54.7 Å². The summed E-state index contributed by atoms with van der Waals surface area (Å²) in [5.41, 5.74) is 1.11. The molecule has 2 aromatic heterocycles. The number of rotatable bonds is 6. The number of methoxy groups -OCH3 is 1. The molecule has 3 rings (SSSR count). The number of para-hydroxylation sites is 1. The lowest BCUT2D eigenvalue weighted by molar-refractivity contribution is 0.416. The zero-order chi connectivity index (χ0) is 17.6. The summed E-state index contributed by atoms with van der Waals surface area (Å²) in [6, 6.07) is 12.9. The lowest BCUT2D eigenvalue weighted by Gasteiger charge is -2.10. The number of ether oxygens (including phenoxy) is 1. The van der Waals surface area contributed by atoms with Crippen LogP contribution in [0.5, 0.6) is 5.75 Å². The van der Waals surface area contributed by atoms with Crippen molar-refractivity contribution in [3.63, 3.8) is 0 Å². The number of allylic oxidation sites excluding steroid dienone is 1. The van der Waals surface area contributed by atoms with Crippen LogP contribution in [0.15, 0.2) is 59.2 Å². The Labute approximate surface area is 149 Å². The van der Waals surface area contributed by atoms with Crippen molar-refractivity contribution in [3.8, 4) is 23.2 Å². The third-order valence-corrected chi connectivity index (χ3v) is 4.24. The molecule has 0 saturated heterocycles. The van der Waals surface area contributed by atoms with Crippen molar-refractivity contribution in [2.24, 2.45) is 0 Å². The molecule has 0 spiro atoms. The molecule has 0 amide bonds. The summed E-state index contributed by atoms with van der Waals surface area (Å²) >= 11 is 1.32. The first kappa shape index (κ1) is 16.7. The van der Waals surface area contributed by atoms with E-state index in [1.54, 1.807) is 25.3 Å². The molecule has 0 radical (unpaired) electrons. The Balaban J connectivity index is 1.99. The molecule has 8 heteroatoms. The molecule has 0 fully saturated rings. The van der Waals surface area contributed by atoms with Crippen LogP contribution in [0, 0.1) is 11.3 Å². The van der Waals surface area contributed by atoms with Crippen molar-refractivity contribution in [2.75, 3.05) is 7.11 Å². The Kier molecular flexibility index (Phi) is 5.06. The number of benzene rings is 1. The maximum Gasteiger partial charge on any atom is 0.198 e. The van der Waals surface area contributed by atoms with Crippen LogP contribution in [0.3, 0.4) is 0 Å². The fraction of sp³-hybridized carbons (Fsp3) is 0.118. The van der Waals surface area contributed by atoms with Gasteiger partial charge in [-0.3, -0.25) is 4.57 Å². The zero-order valence-corrected chi connectivity index (χ0v) is 14.3. The van der Waals surface area contributed by atoms with Crippen LogP contribution in [-0.2, 0) is 6.54 Å². The molecule has 0 aliphatic carbocycles.